The predicted molar refractivity (Wildman–Crippen MR) is 63.3 cm³/mol. The Labute approximate surface area is 92.0 Å². The van der Waals surface area contributed by atoms with Gasteiger partial charge >= 0.3 is 5.88 Å². The summed E-state index contributed by atoms with van der Waals surface area (Å²) >= 11 is 0. The van der Waals surface area contributed by atoms with Crippen LogP contribution in [0.15, 0.2) is 53.4 Å². The largest absolute Gasteiger partial charge is 0.579 e. The maximum Gasteiger partial charge on any atom is 0.364 e. The van der Waals surface area contributed by atoms with E-state index in [1.54, 1.807) is 0 Å². The quantitative estimate of drug-likeness (QED) is 0.717. The van der Waals surface area contributed by atoms with Gasteiger partial charge in [-0.25, -0.2) is 0 Å². The van der Waals surface area contributed by atoms with Crippen molar-refractivity contribution < 1.29 is 5.11 Å². The summed E-state index contributed by atoms with van der Waals surface area (Å²) < 4.78 is 0. The maximum absolute atomic E-state index is 11.2. The topological polar surface area (TPSA) is 68.7 Å². The van der Waals surface area contributed by atoms with Crippen molar-refractivity contribution in [2.75, 3.05) is 0 Å². The molecule has 1 heterocycles. The fourth-order valence-electron chi connectivity index (χ4n) is 1.32. The number of nitrogens with zero attached hydrogens (tertiary/aromatic N) is 1. The molecule has 1 aromatic rings. The second kappa shape index (κ2) is 4.44. The summed E-state index contributed by atoms with van der Waals surface area (Å²) in [7, 11) is 0. The molecule has 1 aliphatic carbocycles. The third-order valence-corrected chi connectivity index (χ3v) is 2.01. The normalized spacial score (nSPS) is 14.4. The zero-order valence-corrected chi connectivity index (χ0v) is 8.47. The zero-order valence-electron chi connectivity index (χ0n) is 8.47. The Bertz CT molecular complexity index is 563. The molecule has 0 bridgehead atoms. The molecule has 0 saturated heterocycles. The van der Waals surface area contributed by atoms with E-state index in [1.807, 2.05) is 42.5 Å². The summed E-state index contributed by atoms with van der Waals surface area (Å²) in [4.78, 5) is 17.8. The van der Waals surface area contributed by atoms with E-state index in [0.717, 1.165) is 11.6 Å². The van der Waals surface area contributed by atoms with E-state index in [-0.39, 0.29) is 11.4 Å². The average molecular weight is 215 g/mol. The summed E-state index contributed by atoms with van der Waals surface area (Å²) in [6.45, 7) is 0. The van der Waals surface area contributed by atoms with Crippen molar-refractivity contribution >= 4 is 5.57 Å². The number of H-pyrrole nitrogens is 1. The molecule has 0 aromatic carbocycles. The minimum absolute atomic E-state index is 0.0327. The standard InChI is InChI=1S/C12H10N2O2/c15-10-8-11(16)14-12(13-10)9-6-4-2-1-3-5-7-9/h1-8H,(H2,13,14,15,16)/p+1. The molecule has 0 amide bonds. The summed E-state index contributed by atoms with van der Waals surface area (Å²) in [5, 5.41) is 7.38. The van der Waals surface area contributed by atoms with Crippen LogP contribution in [0.4, 0.5) is 0 Å². The van der Waals surface area contributed by atoms with Gasteiger partial charge in [0.2, 0.25) is 0 Å². The number of hydrogen-bond acceptors (Lipinski definition) is 2. The molecule has 2 rings (SSSR count). The first-order chi connectivity index (χ1) is 7.75. The van der Waals surface area contributed by atoms with E-state index < -0.39 is 0 Å². The molecular formula is C12H11N2O2+. The molecule has 0 fully saturated rings. The van der Waals surface area contributed by atoms with Crippen LogP contribution < -0.4 is 5.56 Å². The van der Waals surface area contributed by atoms with E-state index in [1.165, 1.54) is 0 Å². The third kappa shape index (κ3) is 2.36. The number of nitrogens with one attached hydrogen (secondary N) is 1. The second-order valence-electron chi connectivity index (χ2n) is 3.23. The van der Waals surface area contributed by atoms with Crippen LogP contribution in [0.2, 0.25) is 0 Å². The smallest absolute Gasteiger partial charge is 0.364 e. The summed E-state index contributed by atoms with van der Waals surface area (Å²) in [5.74, 6) is 0.378. The van der Waals surface area contributed by atoms with Gasteiger partial charge < -0.3 is 10.1 Å². The van der Waals surface area contributed by atoms with Gasteiger partial charge in [-0.15, -0.1) is 4.98 Å². The molecule has 80 valence electrons. The van der Waals surface area contributed by atoms with Crippen LogP contribution in [0.25, 0.3) is 5.57 Å². The van der Waals surface area contributed by atoms with Gasteiger partial charge in [0, 0.05) is 5.57 Å². The van der Waals surface area contributed by atoms with Crippen LogP contribution in [0, 0.1) is 0 Å². The lowest BCUT2D eigenvalue weighted by Crippen LogP contribution is -2.08. The van der Waals surface area contributed by atoms with Crippen molar-refractivity contribution in [2.45, 2.75) is 0 Å². The van der Waals surface area contributed by atoms with Crippen LogP contribution in [0.3, 0.4) is 0 Å². The maximum atomic E-state index is 11.2. The van der Waals surface area contributed by atoms with Gasteiger partial charge in [-0.3, -0.25) is 4.79 Å². The van der Waals surface area contributed by atoms with E-state index >= 15 is 0 Å². The Morgan fingerprint density at radius 2 is 1.88 bits per heavy atom. The Morgan fingerprint density at radius 1 is 1.12 bits per heavy atom. The van der Waals surface area contributed by atoms with Gasteiger partial charge in [0.15, 0.2) is 0 Å². The average Bonchev–Trinajstić information content (AvgIpc) is 2.14. The number of aromatic nitrogens is 2. The summed E-state index contributed by atoms with van der Waals surface area (Å²) in [5.41, 5.74) is 0.456. The first-order valence-corrected chi connectivity index (χ1v) is 4.81. The fraction of sp³-hybridized carbons (Fsp3) is 0. The van der Waals surface area contributed by atoms with Crippen LogP contribution in [0.5, 0.6) is 5.88 Å². The molecule has 0 aliphatic heterocycles. The van der Waals surface area contributed by atoms with Crippen molar-refractivity contribution in [3.8, 4) is 5.88 Å². The van der Waals surface area contributed by atoms with Gasteiger partial charge in [-0.1, -0.05) is 42.5 Å². The molecular weight excluding hydrogens is 204 g/mol. The molecule has 4 nitrogen and oxygen atoms in total. The molecule has 0 saturated carbocycles. The lowest BCUT2D eigenvalue weighted by Gasteiger charge is -2.00. The molecule has 4 heteroatoms. The second-order valence-corrected chi connectivity index (χ2v) is 3.23. The zero-order chi connectivity index (χ0) is 11.4. The van der Waals surface area contributed by atoms with Crippen molar-refractivity contribution in [3.63, 3.8) is 0 Å². The highest BCUT2D eigenvalue weighted by molar-refractivity contribution is 5.71. The van der Waals surface area contributed by atoms with Crippen molar-refractivity contribution in [3.05, 3.63) is 64.8 Å². The highest BCUT2D eigenvalue weighted by Crippen LogP contribution is 2.13. The van der Waals surface area contributed by atoms with E-state index in [4.69, 9.17) is 5.11 Å². The van der Waals surface area contributed by atoms with Gasteiger partial charge in [0.05, 0.1) is 0 Å². The molecule has 16 heavy (non-hydrogen) atoms. The molecule has 3 N–H and O–H groups in total. The van der Waals surface area contributed by atoms with Gasteiger partial charge in [0.25, 0.3) is 5.56 Å². The highest BCUT2D eigenvalue weighted by Gasteiger charge is 2.05. The van der Waals surface area contributed by atoms with Gasteiger partial charge in [-0.05, 0) is 0 Å². The predicted octanol–water partition coefficient (Wildman–Crippen LogP) is 1.27. The fourth-order valence-corrected chi connectivity index (χ4v) is 1.32. The van der Waals surface area contributed by atoms with E-state index in [9.17, 15) is 4.79 Å². The van der Waals surface area contributed by atoms with Gasteiger partial charge in [0.1, 0.15) is 11.9 Å². The summed E-state index contributed by atoms with van der Waals surface area (Å²) in [6.07, 6.45) is 13.0. The van der Waals surface area contributed by atoms with Crippen molar-refractivity contribution in [2.24, 2.45) is 0 Å². The van der Waals surface area contributed by atoms with E-state index in [0.29, 0.717) is 5.82 Å². The lowest BCUT2D eigenvalue weighted by atomic mass is 10.1. The molecule has 0 atom stereocenters. The Hall–Kier alpha value is -2.36. The van der Waals surface area contributed by atoms with Crippen molar-refractivity contribution in [1.29, 1.82) is 0 Å². The Kier molecular flexibility index (Phi) is 2.82. The molecule has 1 aromatic heterocycles. The number of aromatic amines is 1. The first kappa shape index (κ1) is 10.2. The summed E-state index contributed by atoms with van der Waals surface area (Å²) in [6, 6.07) is 1.15. The minimum Gasteiger partial charge on any atom is -0.579 e. The van der Waals surface area contributed by atoms with Crippen LogP contribution in [-0.4, -0.2) is 15.1 Å². The molecule has 0 unspecified atom stereocenters. The van der Waals surface area contributed by atoms with Gasteiger partial charge in [-0.2, -0.15) is 0 Å². The van der Waals surface area contributed by atoms with Crippen molar-refractivity contribution in [1.82, 2.24) is 9.97 Å². The molecule has 1 aliphatic rings. The molecule has 0 radical (unpaired) electrons. The third-order valence-electron chi connectivity index (χ3n) is 2.01. The Balaban J connectivity index is 2.47. The van der Waals surface area contributed by atoms with Crippen LogP contribution >= 0.6 is 0 Å². The first-order valence-electron chi connectivity index (χ1n) is 4.81. The highest BCUT2D eigenvalue weighted by atomic mass is 16.3. The number of hydrogen-bond donors (Lipinski definition) is 1. The SMILES string of the molecule is O=c1cc([OH2+])nc(C2=CC=CC=CC=C2)[nH]1. The Morgan fingerprint density at radius 3 is 2.69 bits per heavy atom. The van der Waals surface area contributed by atoms with E-state index in [2.05, 4.69) is 9.97 Å². The lowest BCUT2D eigenvalue weighted by molar-refractivity contribution is 0.450. The number of allylic oxidation sites excluding steroid dienone is 8. The van der Waals surface area contributed by atoms with Crippen LogP contribution in [-0.2, 0) is 0 Å². The van der Waals surface area contributed by atoms with Crippen LogP contribution in [0.1, 0.15) is 5.82 Å². The molecule has 0 spiro atoms. The monoisotopic (exact) mass is 215 g/mol. The minimum atomic E-state index is -0.314. The number of rotatable bonds is 1.